The summed E-state index contributed by atoms with van der Waals surface area (Å²) >= 11 is 6.03. The number of halogens is 1. The number of carbonyl (C=O) groups excluding carboxylic acids is 2. The van der Waals surface area contributed by atoms with Gasteiger partial charge in [-0.15, -0.1) is 0 Å². The summed E-state index contributed by atoms with van der Waals surface area (Å²) in [5.41, 5.74) is 0.790. The lowest BCUT2D eigenvalue weighted by Gasteiger charge is -2.39. The van der Waals surface area contributed by atoms with Crippen molar-refractivity contribution >= 4 is 23.4 Å². The second-order valence-electron chi connectivity index (χ2n) is 10.4. The van der Waals surface area contributed by atoms with Crippen LogP contribution in [0.4, 0.5) is 0 Å². The van der Waals surface area contributed by atoms with E-state index in [1.165, 1.54) is 7.11 Å². The Morgan fingerprint density at radius 2 is 1.60 bits per heavy atom. The van der Waals surface area contributed by atoms with E-state index in [-0.39, 0.29) is 33.2 Å². The van der Waals surface area contributed by atoms with Crippen molar-refractivity contribution in [3.63, 3.8) is 0 Å². The average Bonchev–Trinajstić information content (AvgIpc) is 2.97. The van der Waals surface area contributed by atoms with Crippen molar-refractivity contribution < 1.29 is 14.3 Å². The number of hydrogen-bond acceptors (Lipinski definition) is 4. The van der Waals surface area contributed by atoms with E-state index in [2.05, 4.69) is 37.6 Å². The quantitative estimate of drug-likeness (QED) is 0.678. The number of likely N-dealkylation sites (tertiary alicyclic amines) is 2. The molecule has 0 radical (unpaired) electrons. The number of amides is 2. The first-order valence-corrected chi connectivity index (χ1v) is 11.2. The Balaban J connectivity index is 1.37. The topological polar surface area (TPSA) is 62.7 Å². The van der Waals surface area contributed by atoms with Crippen LogP contribution in [0, 0.1) is 22.2 Å². The minimum atomic E-state index is -0.0418. The van der Waals surface area contributed by atoms with E-state index in [0.717, 1.165) is 32.4 Å². The second kappa shape index (κ2) is 7.11. The van der Waals surface area contributed by atoms with Gasteiger partial charge in [0.15, 0.2) is 0 Å². The van der Waals surface area contributed by atoms with Gasteiger partial charge in [0, 0.05) is 43.7 Å². The smallest absolute Gasteiger partial charge is 0.254 e. The predicted octanol–water partition coefficient (Wildman–Crippen LogP) is 3.88. The Morgan fingerprint density at radius 1 is 1.03 bits per heavy atom. The second-order valence-corrected chi connectivity index (χ2v) is 10.8. The van der Waals surface area contributed by atoms with Crippen LogP contribution in [0.3, 0.4) is 0 Å². The Morgan fingerprint density at radius 3 is 2.13 bits per heavy atom. The number of methoxy groups -OCH3 is 1. The molecule has 2 amide bonds. The normalized spacial score (nSPS) is 24.2. The van der Waals surface area contributed by atoms with E-state index in [4.69, 9.17) is 16.3 Å². The van der Waals surface area contributed by atoms with E-state index in [0.29, 0.717) is 30.4 Å². The largest absolute Gasteiger partial charge is 0.481 e. The number of piperidine rings is 1. The van der Waals surface area contributed by atoms with Gasteiger partial charge in [-0.2, -0.15) is 0 Å². The van der Waals surface area contributed by atoms with Crippen molar-refractivity contribution in [1.82, 2.24) is 14.8 Å². The molecule has 7 heteroatoms. The van der Waals surface area contributed by atoms with Crippen LogP contribution in [-0.4, -0.2) is 59.9 Å². The van der Waals surface area contributed by atoms with Gasteiger partial charge >= 0.3 is 0 Å². The van der Waals surface area contributed by atoms with Crippen LogP contribution in [0.15, 0.2) is 12.1 Å². The highest BCUT2D eigenvalue weighted by Gasteiger charge is 2.69. The molecule has 3 aliphatic rings. The van der Waals surface area contributed by atoms with Gasteiger partial charge in [-0.25, -0.2) is 4.98 Å². The van der Waals surface area contributed by atoms with Crippen molar-refractivity contribution in [2.45, 2.75) is 47.0 Å². The lowest BCUT2D eigenvalue weighted by molar-refractivity contribution is -0.133. The monoisotopic (exact) mass is 433 g/mol. The molecule has 0 bridgehead atoms. The third-order valence-electron chi connectivity index (χ3n) is 8.36. The molecule has 1 aromatic rings. The minimum Gasteiger partial charge on any atom is -0.481 e. The van der Waals surface area contributed by atoms with Crippen LogP contribution in [0.25, 0.3) is 0 Å². The highest BCUT2D eigenvalue weighted by molar-refractivity contribution is 6.29. The molecule has 0 N–H and O–H groups in total. The van der Waals surface area contributed by atoms with Gasteiger partial charge in [0.1, 0.15) is 5.15 Å². The van der Waals surface area contributed by atoms with Crippen LogP contribution in [0.5, 0.6) is 5.88 Å². The zero-order valence-electron chi connectivity index (χ0n) is 18.6. The van der Waals surface area contributed by atoms with Gasteiger partial charge in [0.2, 0.25) is 11.8 Å². The molecule has 3 fully saturated rings. The number of hydrogen-bond donors (Lipinski definition) is 0. The summed E-state index contributed by atoms with van der Waals surface area (Å²) in [5.74, 6) is 0.738. The average molecular weight is 434 g/mol. The summed E-state index contributed by atoms with van der Waals surface area (Å²) in [6.45, 7) is 11.9. The van der Waals surface area contributed by atoms with Crippen LogP contribution < -0.4 is 4.74 Å². The van der Waals surface area contributed by atoms with Gasteiger partial charge in [0.25, 0.3) is 5.91 Å². The first kappa shape index (κ1) is 21.4. The van der Waals surface area contributed by atoms with Crippen molar-refractivity contribution in [2.75, 3.05) is 33.3 Å². The molecule has 1 aromatic heterocycles. The lowest BCUT2D eigenvalue weighted by Crippen LogP contribution is -2.45. The van der Waals surface area contributed by atoms with Gasteiger partial charge in [0.05, 0.1) is 7.11 Å². The fraction of sp³-hybridized carbons (Fsp3) is 0.696. The molecule has 1 saturated carbocycles. The van der Waals surface area contributed by atoms with Crippen molar-refractivity contribution in [2.24, 2.45) is 22.2 Å². The number of aromatic nitrogens is 1. The molecule has 164 valence electrons. The molecule has 4 rings (SSSR count). The summed E-state index contributed by atoms with van der Waals surface area (Å²) < 4.78 is 5.13. The van der Waals surface area contributed by atoms with E-state index >= 15 is 0 Å². The molecular weight excluding hydrogens is 402 g/mol. The maximum Gasteiger partial charge on any atom is 0.254 e. The maximum absolute atomic E-state index is 13.1. The highest BCUT2D eigenvalue weighted by Crippen LogP contribution is 2.69. The Labute approximate surface area is 183 Å². The van der Waals surface area contributed by atoms with Gasteiger partial charge < -0.3 is 14.5 Å². The molecule has 3 heterocycles. The van der Waals surface area contributed by atoms with E-state index in [9.17, 15) is 9.59 Å². The van der Waals surface area contributed by atoms with Gasteiger partial charge in [-0.3, -0.25) is 9.59 Å². The van der Waals surface area contributed by atoms with Crippen molar-refractivity contribution in [1.29, 1.82) is 0 Å². The zero-order chi connectivity index (χ0) is 21.9. The molecule has 30 heavy (non-hydrogen) atoms. The number of ether oxygens (including phenoxy) is 1. The molecule has 1 aliphatic carbocycles. The summed E-state index contributed by atoms with van der Waals surface area (Å²) in [7, 11) is 1.51. The Kier molecular flexibility index (Phi) is 5.08. The van der Waals surface area contributed by atoms with Crippen LogP contribution in [0.1, 0.15) is 57.3 Å². The summed E-state index contributed by atoms with van der Waals surface area (Å²) in [6, 6.07) is 3.22. The van der Waals surface area contributed by atoms with Crippen LogP contribution in [0.2, 0.25) is 5.15 Å². The SMILES string of the molecule is COc1cc(C(=O)N2CCC3(CC2)CCN(C(=O)C2C(C)(C)C2(C)C)C3)cc(Cl)n1. The molecule has 1 spiro atoms. The molecular formula is C23H32ClN3O3. The van der Waals surface area contributed by atoms with Gasteiger partial charge in [-0.1, -0.05) is 39.3 Å². The molecule has 0 atom stereocenters. The molecule has 6 nitrogen and oxygen atoms in total. The third kappa shape index (κ3) is 3.37. The van der Waals surface area contributed by atoms with Crippen molar-refractivity contribution in [3.8, 4) is 5.88 Å². The molecule has 0 unspecified atom stereocenters. The molecule has 0 aromatic carbocycles. The summed E-state index contributed by atoms with van der Waals surface area (Å²) in [5, 5.41) is 0.252. The Bertz CT molecular complexity index is 860. The molecule has 2 aliphatic heterocycles. The predicted molar refractivity (Wildman–Crippen MR) is 116 cm³/mol. The fourth-order valence-corrected chi connectivity index (χ4v) is 5.80. The fourth-order valence-electron chi connectivity index (χ4n) is 5.60. The first-order chi connectivity index (χ1) is 14.0. The minimum absolute atomic E-state index is 0.0418. The number of carbonyl (C=O) groups is 2. The number of nitrogens with zero attached hydrogens (tertiary/aromatic N) is 3. The van der Waals surface area contributed by atoms with E-state index < -0.39 is 0 Å². The number of rotatable bonds is 3. The van der Waals surface area contributed by atoms with Crippen LogP contribution >= 0.6 is 11.6 Å². The number of pyridine rings is 1. The molecule has 2 saturated heterocycles. The first-order valence-electron chi connectivity index (χ1n) is 10.8. The third-order valence-corrected chi connectivity index (χ3v) is 8.55. The summed E-state index contributed by atoms with van der Waals surface area (Å²) in [4.78, 5) is 34.1. The van der Waals surface area contributed by atoms with E-state index in [1.807, 2.05) is 4.90 Å². The highest BCUT2D eigenvalue weighted by atomic mass is 35.5. The van der Waals surface area contributed by atoms with Gasteiger partial charge in [-0.05, 0) is 41.6 Å². The standard InChI is InChI=1S/C23H32ClN3O3/c1-21(2)18(22(21,3)4)20(29)27-11-8-23(14-27)6-9-26(10-7-23)19(28)15-12-16(24)25-17(13-15)30-5/h12-13,18H,6-11,14H2,1-5H3. The lowest BCUT2D eigenvalue weighted by atomic mass is 9.77. The van der Waals surface area contributed by atoms with Crippen molar-refractivity contribution in [3.05, 3.63) is 22.8 Å². The Hall–Kier alpha value is -1.82. The summed E-state index contributed by atoms with van der Waals surface area (Å²) in [6.07, 6.45) is 2.88. The van der Waals surface area contributed by atoms with E-state index in [1.54, 1.807) is 12.1 Å². The van der Waals surface area contributed by atoms with Crippen LogP contribution in [-0.2, 0) is 4.79 Å². The zero-order valence-corrected chi connectivity index (χ0v) is 19.4. The maximum atomic E-state index is 13.1.